The Hall–Kier alpha value is -2.37. The number of carboxylic acids is 1. The molecule has 0 spiro atoms. The smallest absolute Gasteiger partial charge is 0.337 e. The summed E-state index contributed by atoms with van der Waals surface area (Å²) in [5.41, 5.74) is 1.68. The molecule has 0 aliphatic carbocycles. The normalized spacial score (nSPS) is 12.8. The Morgan fingerprint density at radius 3 is 2.12 bits per heavy atom. The lowest BCUT2D eigenvalue weighted by atomic mass is 10.1. The van der Waals surface area contributed by atoms with Crippen LogP contribution in [0.5, 0.6) is 5.75 Å². The average Bonchev–Trinajstić information content (AvgIpc) is 2.61. The van der Waals surface area contributed by atoms with Gasteiger partial charge in [-0.05, 0) is 44.3 Å². The molecule has 0 fully saturated rings. The fourth-order valence-corrected chi connectivity index (χ4v) is 1.98. The molecule has 0 amide bonds. The summed E-state index contributed by atoms with van der Waals surface area (Å²) >= 11 is 0. The summed E-state index contributed by atoms with van der Waals surface area (Å²) in [6.45, 7) is 2.18. The van der Waals surface area contributed by atoms with Crippen molar-refractivity contribution in [2.45, 2.75) is 19.1 Å². The van der Waals surface area contributed by atoms with E-state index in [0.717, 1.165) is 5.75 Å². The number of benzene rings is 2. The topological polar surface area (TPSA) is 70.0 Å². The van der Waals surface area contributed by atoms with E-state index in [1.807, 2.05) is 12.1 Å². The molecule has 0 radical (unpaired) electrons. The first-order valence-corrected chi connectivity index (χ1v) is 7.63. The quantitative estimate of drug-likeness (QED) is 0.881. The zero-order valence-electron chi connectivity index (χ0n) is 14.5. The van der Waals surface area contributed by atoms with Gasteiger partial charge in [0.2, 0.25) is 0 Å². The summed E-state index contributed by atoms with van der Waals surface area (Å²) < 4.78 is 5.17. The summed E-state index contributed by atoms with van der Waals surface area (Å²) in [6, 6.07) is 16.9. The SMILES string of the molecule is COc1cccc([C@@H](C)N(C)C)c1.O=C(O)C(O)c1ccccc1. The molecule has 0 heterocycles. The van der Waals surface area contributed by atoms with Gasteiger partial charge in [0, 0.05) is 6.04 Å². The molecule has 2 atom stereocenters. The van der Waals surface area contributed by atoms with Gasteiger partial charge in [-0.3, -0.25) is 0 Å². The number of ether oxygens (including phenoxy) is 1. The zero-order chi connectivity index (χ0) is 18.1. The van der Waals surface area contributed by atoms with Crippen LogP contribution in [-0.4, -0.2) is 42.3 Å². The molecule has 24 heavy (non-hydrogen) atoms. The minimum Gasteiger partial charge on any atom is -0.497 e. The van der Waals surface area contributed by atoms with Crippen molar-refractivity contribution in [2.75, 3.05) is 21.2 Å². The number of hydrogen-bond acceptors (Lipinski definition) is 4. The van der Waals surface area contributed by atoms with E-state index >= 15 is 0 Å². The van der Waals surface area contributed by atoms with Gasteiger partial charge in [-0.2, -0.15) is 0 Å². The van der Waals surface area contributed by atoms with Crippen LogP contribution in [0.3, 0.4) is 0 Å². The van der Waals surface area contributed by atoms with E-state index in [9.17, 15) is 4.79 Å². The molecule has 5 nitrogen and oxygen atoms in total. The maximum absolute atomic E-state index is 10.2. The minimum absolute atomic E-state index is 0.403. The van der Waals surface area contributed by atoms with E-state index in [-0.39, 0.29) is 0 Å². The second kappa shape index (κ2) is 9.70. The minimum atomic E-state index is -1.41. The van der Waals surface area contributed by atoms with Gasteiger partial charge in [0.25, 0.3) is 0 Å². The van der Waals surface area contributed by atoms with Crippen LogP contribution < -0.4 is 4.74 Å². The first kappa shape index (κ1) is 19.7. The van der Waals surface area contributed by atoms with Gasteiger partial charge in [-0.25, -0.2) is 4.79 Å². The highest BCUT2D eigenvalue weighted by atomic mass is 16.5. The zero-order valence-corrected chi connectivity index (χ0v) is 14.5. The molecule has 0 bridgehead atoms. The van der Waals surface area contributed by atoms with Gasteiger partial charge < -0.3 is 19.8 Å². The lowest BCUT2D eigenvalue weighted by Crippen LogP contribution is -2.16. The molecule has 2 aromatic rings. The first-order valence-electron chi connectivity index (χ1n) is 7.63. The van der Waals surface area contributed by atoms with Crippen LogP contribution in [0.25, 0.3) is 0 Å². The third-order valence-electron chi connectivity index (χ3n) is 3.70. The molecule has 0 aliphatic rings. The number of nitrogens with zero attached hydrogens (tertiary/aromatic N) is 1. The maximum atomic E-state index is 10.2. The van der Waals surface area contributed by atoms with Crippen LogP contribution in [-0.2, 0) is 4.79 Å². The van der Waals surface area contributed by atoms with Gasteiger partial charge in [-0.15, -0.1) is 0 Å². The summed E-state index contributed by atoms with van der Waals surface area (Å²) in [4.78, 5) is 12.4. The number of carboxylic acid groups (broad SMARTS) is 1. The largest absolute Gasteiger partial charge is 0.497 e. The number of carbonyl (C=O) groups is 1. The fraction of sp³-hybridized carbons (Fsp3) is 0.316. The number of aliphatic hydroxyl groups excluding tert-OH is 1. The highest BCUT2D eigenvalue weighted by molar-refractivity contribution is 5.73. The molecule has 0 aliphatic heterocycles. The van der Waals surface area contributed by atoms with Crippen molar-refractivity contribution in [3.05, 3.63) is 65.7 Å². The van der Waals surface area contributed by atoms with Crippen LogP contribution in [0.1, 0.15) is 30.2 Å². The molecule has 130 valence electrons. The van der Waals surface area contributed by atoms with Crippen molar-refractivity contribution in [1.82, 2.24) is 4.90 Å². The molecule has 2 rings (SSSR count). The predicted octanol–water partition coefficient (Wildman–Crippen LogP) is 3.12. The van der Waals surface area contributed by atoms with Gasteiger partial charge in [0.1, 0.15) is 5.75 Å². The van der Waals surface area contributed by atoms with Crippen molar-refractivity contribution in [2.24, 2.45) is 0 Å². The van der Waals surface area contributed by atoms with Crippen molar-refractivity contribution >= 4 is 5.97 Å². The van der Waals surface area contributed by atoms with Crippen LogP contribution in [0.15, 0.2) is 54.6 Å². The Morgan fingerprint density at radius 1 is 1.04 bits per heavy atom. The predicted molar refractivity (Wildman–Crippen MR) is 94.1 cm³/mol. The third kappa shape index (κ3) is 6.02. The van der Waals surface area contributed by atoms with Crippen LogP contribution in [0.2, 0.25) is 0 Å². The monoisotopic (exact) mass is 331 g/mol. The third-order valence-corrected chi connectivity index (χ3v) is 3.70. The summed E-state index contributed by atoms with van der Waals surface area (Å²) in [5.74, 6) is -0.303. The van der Waals surface area contributed by atoms with Gasteiger partial charge in [0.15, 0.2) is 6.10 Å². The second-order valence-corrected chi connectivity index (χ2v) is 5.57. The Bertz CT molecular complexity index is 628. The van der Waals surface area contributed by atoms with E-state index in [2.05, 4.69) is 38.1 Å². The Morgan fingerprint density at radius 2 is 1.62 bits per heavy atom. The summed E-state index contributed by atoms with van der Waals surface area (Å²) in [6.07, 6.45) is -1.41. The lowest BCUT2D eigenvalue weighted by molar-refractivity contribution is -0.146. The molecule has 5 heteroatoms. The number of aliphatic hydroxyl groups is 1. The van der Waals surface area contributed by atoms with Crippen molar-refractivity contribution in [3.8, 4) is 5.75 Å². The molecule has 1 unspecified atom stereocenters. The Kier molecular flexibility index (Phi) is 7.95. The van der Waals surface area contributed by atoms with Gasteiger partial charge >= 0.3 is 5.97 Å². The molecule has 0 saturated carbocycles. The van der Waals surface area contributed by atoms with Crippen LogP contribution in [0, 0.1) is 0 Å². The van der Waals surface area contributed by atoms with E-state index in [0.29, 0.717) is 11.6 Å². The Labute approximate surface area is 143 Å². The van der Waals surface area contributed by atoms with Gasteiger partial charge in [-0.1, -0.05) is 42.5 Å². The fourth-order valence-electron chi connectivity index (χ4n) is 1.98. The maximum Gasteiger partial charge on any atom is 0.337 e. The highest BCUT2D eigenvalue weighted by Gasteiger charge is 2.14. The average molecular weight is 331 g/mol. The number of rotatable bonds is 5. The van der Waals surface area contributed by atoms with Crippen molar-refractivity contribution < 1.29 is 19.7 Å². The van der Waals surface area contributed by atoms with E-state index in [1.54, 1.807) is 37.4 Å². The standard InChI is InChI=1S/C11H17NO.C8H8O3/c1-9(12(2)3)10-6-5-7-11(8-10)13-4;9-7(8(10)11)6-4-2-1-3-5-6/h5-9H,1-4H3;1-5,7,9H,(H,10,11)/t9-;/m1./s1. The van der Waals surface area contributed by atoms with Crippen LogP contribution in [0.4, 0.5) is 0 Å². The summed E-state index contributed by atoms with van der Waals surface area (Å²) in [7, 11) is 5.84. The van der Waals surface area contributed by atoms with Gasteiger partial charge in [0.05, 0.1) is 7.11 Å². The molecular weight excluding hydrogens is 306 g/mol. The first-order chi connectivity index (χ1) is 11.4. The second-order valence-electron chi connectivity index (χ2n) is 5.57. The number of hydrogen-bond donors (Lipinski definition) is 2. The molecule has 2 aromatic carbocycles. The number of aliphatic carboxylic acids is 1. The Balaban J connectivity index is 0.000000243. The van der Waals surface area contributed by atoms with Crippen LogP contribution >= 0.6 is 0 Å². The van der Waals surface area contributed by atoms with Crippen molar-refractivity contribution in [1.29, 1.82) is 0 Å². The molecular formula is C19H25NO4. The highest BCUT2D eigenvalue weighted by Crippen LogP contribution is 2.21. The molecule has 2 N–H and O–H groups in total. The van der Waals surface area contributed by atoms with Crippen molar-refractivity contribution in [3.63, 3.8) is 0 Å². The molecule has 0 aromatic heterocycles. The summed E-state index contributed by atoms with van der Waals surface area (Å²) in [5, 5.41) is 17.4. The van der Waals surface area contributed by atoms with E-state index < -0.39 is 12.1 Å². The molecule has 0 saturated heterocycles. The number of methoxy groups -OCH3 is 1. The lowest BCUT2D eigenvalue weighted by Gasteiger charge is -2.20. The van der Waals surface area contributed by atoms with E-state index in [1.165, 1.54) is 5.56 Å². The van der Waals surface area contributed by atoms with E-state index in [4.69, 9.17) is 14.9 Å².